The molecule has 2 atom stereocenters. The number of anilines is 2. The Labute approximate surface area is 273 Å². The van der Waals surface area contributed by atoms with E-state index in [0.29, 0.717) is 53.7 Å². The molecule has 1 aliphatic carbocycles. The minimum atomic E-state index is -3.39. The smallest absolute Gasteiger partial charge is 0.411 e. The summed E-state index contributed by atoms with van der Waals surface area (Å²) < 4.78 is 31.1. The summed E-state index contributed by atoms with van der Waals surface area (Å²) in [5.74, 6) is -1.22. The van der Waals surface area contributed by atoms with Crippen LogP contribution in [0.4, 0.5) is 16.2 Å². The fraction of sp³-hybridized carbons (Fsp3) is 0.303. The molecule has 11 nitrogen and oxygen atoms in total. The average molecular weight is 669 g/mol. The molecule has 1 unspecified atom stereocenters. The molecule has 46 heavy (non-hydrogen) atoms. The summed E-state index contributed by atoms with van der Waals surface area (Å²) in [5, 5.41) is 19.5. The molecular weight excluding hydrogens is 632 g/mol. The molecule has 1 amide bonds. The van der Waals surface area contributed by atoms with Crippen molar-refractivity contribution in [3.63, 3.8) is 0 Å². The highest BCUT2D eigenvalue weighted by Gasteiger charge is 2.38. The lowest BCUT2D eigenvalue weighted by molar-refractivity contribution is -0.138. The van der Waals surface area contributed by atoms with Crippen molar-refractivity contribution in [1.29, 1.82) is 0 Å². The van der Waals surface area contributed by atoms with Crippen LogP contribution in [-0.4, -0.2) is 49.5 Å². The van der Waals surface area contributed by atoms with Crippen LogP contribution in [0.15, 0.2) is 82.6 Å². The van der Waals surface area contributed by atoms with Crippen molar-refractivity contribution in [2.45, 2.75) is 54.8 Å². The van der Waals surface area contributed by atoms with Gasteiger partial charge in [-0.1, -0.05) is 37.3 Å². The number of aromatic nitrogens is 1. The van der Waals surface area contributed by atoms with Crippen molar-refractivity contribution < 1.29 is 27.9 Å². The van der Waals surface area contributed by atoms with Gasteiger partial charge in [-0.05, 0) is 84.8 Å². The lowest BCUT2D eigenvalue weighted by atomic mass is 9.95. The van der Waals surface area contributed by atoms with Crippen molar-refractivity contribution in [2.75, 3.05) is 24.3 Å². The van der Waals surface area contributed by atoms with Crippen LogP contribution < -0.4 is 21.5 Å². The average Bonchev–Trinajstić information content (AvgIpc) is 3.88. The van der Waals surface area contributed by atoms with Gasteiger partial charge in [0.15, 0.2) is 15.9 Å². The number of halogens is 1. The van der Waals surface area contributed by atoms with Gasteiger partial charge in [0.25, 0.3) is 5.56 Å². The van der Waals surface area contributed by atoms with Crippen molar-refractivity contribution in [3.05, 3.63) is 100.0 Å². The number of aliphatic carboxylic acids is 1. The Kier molecular flexibility index (Phi) is 11.1. The fourth-order valence-electron chi connectivity index (χ4n) is 5.29. The predicted octanol–water partition coefficient (Wildman–Crippen LogP) is 5.59. The number of carboxylic acid groups (broad SMARTS) is 1. The lowest BCUT2D eigenvalue weighted by Crippen LogP contribution is -2.21. The van der Waals surface area contributed by atoms with Crippen LogP contribution in [0.5, 0.6) is 0 Å². The first kappa shape index (κ1) is 34.5. The molecule has 4 aromatic rings. The number of sulfone groups is 1. The van der Waals surface area contributed by atoms with Crippen LogP contribution in [0.25, 0.3) is 10.8 Å². The predicted molar refractivity (Wildman–Crippen MR) is 180 cm³/mol. The number of nitrogens with one attached hydrogen (secondary N) is 4. The summed E-state index contributed by atoms with van der Waals surface area (Å²) in [7, 11) is -1.66. The number of hydrogen-bond donors (Lipinski definition) is 5. The number of rotatable bonds is 13. The highest BCUT2D eigenvalue weighted by molar-refractivity contribution is 7.92. The topological polar surface area (TPSA) is 167 Å². The molecule has 1 heterocycles. The number of amides is 1. The molecule has 1 saturated carbocycles. The van der Waals surface area contributed by atoms with Gasteiger partial charge in [-0.2, -0.15) is 0 Å². The molecule has 1 fully saturated rings. The third-order valence-electron chi connectivity index (χ3n) is 7.93. The Hall–Kier alpha value is -4.39. The van der Waals surface area contributed by atoms with Crippen molar-refractivity contribution in [3.8, 4) is 0 Å². The number of ether oxygens (including phenoxy) is 1. The minimum Gasteiger partial charge on any atom is -0.479 e. The van der Waals surface area contributed by atoms with Gasteiger partial charge in [0.05, 0.1) is 10.1 Å². The Balaban J connectivity index is 0.00000480. The minimum absolute atomic E-state index is 0. The number of benzene rings is 3. The summed E-state index contributed by atoms with van der Waals surface area (Å²) in [6, 6.07) is 17.6. The highest BCUT2D eigenvalue weighted by Crippen LogP contribution is 2.35. The second kappa shape index (κ2) is 14.8. The van der Waals surface area contributed by atoms with E-state index in [-0.39, 0.29) is 40.6 Å². The van der Waals surface area contributed by atoms with Crippen molar-refractivity contribution in [1.82, 2.24) is 10.3 Å². The maximum absolute atomic E-state index is 12.8. The second-order valence-corrected chi connectivity index (χ2v) is 13.3. The third-order valence-corrected chi connectivity index (χ3v) is 10.3. The van der Waals surface area contributed by atoms with Gasteiger partial charge in [0, 0.05) is 35.4 Å². The van der Waals surface area contributed by atoms with E-state index in [9.17, 15) is 27.9 Å². The van der Waals surface area contributed by atoms with E-state index in [1.54, 1.807) is 61.8 Å². The second-order valence-electron chi connectivity index (χ2n) is 11.1. The van der Waals surface area contributed by atoms with Gasteiger partial charge >= 0.3 is 12.1 Å². The fourth-order valence-corrected chi connectivity index (χ4v) is 7.16. The van der Waals surface area contributed by atoms with E-state index in [2.05, 4.69) is 20.9 Å². The summed E-state index contributed by atoms with van der Waals surface area (Å²) in [5.41, 5.74) is 2.65. The quantitative estimate of drug-likeness (QED) is 0.122. The largest absolute Gasteiger partial charge is 0.479 e. The van der Waals surface area contributed by atoms with Gasteiger partial charge in [-0.3, -0.25) is 10.1 Å². The van der Waals surface area contributed by atoms with E-state index in [1.807, 2.05) is 19.1 Å². The molecule has 1 aromatic heterocycles. The highest BCUT2D eigenvalue weighted by atomic mass is 35.5. The number of H-pyrrole nitrogens is 1. The Bertz CT molecular complexity index is 1880. The SMILES string of the molecule is CC[C@@H](COC(=O)Nc1ccc(S(=O)(=O)C2CC2)c(CNC)c1)c1ccc(C(Nc2ccc3cc[nH]c(=O)c3c2)C(=O)O)cc1.Cl. The van der Waals surface area contributed by atoms with E-state index in [1.165, 1.54) is 6.07 Å². The molecule has 0 aliphatic heterocycles. The van der Waals surface area contributed by atoms with Gasteiger partial charge in [0.1, 0.15) is 6.61 Å². The molecule has 13 heteroatoms. The zero-order valence-electron chi connectivity index (χ0n) is 25.4. The summed E-state index contributed by atoms with van der Waals surface area (Å²) >= 11 is 0. The maximum atomic E-state index is 12.8. The van der Waals surface area contributed by atoms with E-state index >= 15 is 0 Å². The van der Waals surface area contributed by atoms with Gasteiger partial charge in [-0.15, -0.1) is 12.4 Å². The van der Waals surface area contributed by atoms with Crippen LogP contribution in [-0.2, 0) is 25.9 Å². The number of carboxylic acids is 1. The molecular formula is C33H37ClN4O7S. The number of hydrogen-bond acceptors (Lipinski definition) is 8. The van der Waals surface area contributed by atoms with E-state index < -0.39 is 27.9 Å². The van der Waals surface area contributed by atoms with Gasteiger partial charge < -0.3 is 25.5 Å². The zero-order valence-corrected chi connectivity index (χ0v) is 27.0. The summed E-state index contributed by atoms with van der Waals surface area (Å²) in [6.07, 6.45) is 2.90. The number of fused-ring (bicyclic) bond motifs is 1. The number of carbonyl (C=O) groups is 2. The Morgan fingerprint density at radius 2 is 1.70 bits per heavy atom. The Morgan fingerprint density at radius 1 is 1.00 bits per heavy atom. The van der Waals surface area contributed by atoms with E-state index in [4.69, 9.17) is 4.74 Å². The third kappa shape index (κ3) is 7.87. The van der Waals surface area contributed by atoms with Crippen molar-refractivity contribution in [2.24, 2.45) is 0 Å². The van der Waals surface area contributed by atoms with Gasteiger partial charge in [0.2, 0.25) is 0 Å². The van der Waals surface area contributed by atoms with Crippen molar-refractivity contribution >= 4 is 56.5 Å². The summed E-state index contributed by atoms with van der Waals surface area (Å²) in [6.45, 7) is 2.39. The first-order valence-electron chi connectivity index (χ1n) is 14.8. The van der Waals surface area contributed by atoms with Crippen LogP contribution in [0.2, 0.25) is 0 Å². The van der Waals surface area contributed by atoms with E-state index in [0.717, 1.165) is 10.9 Å². The molecule has 244 valence electrons. The molecule has 5 N–H and O–H groups in total. The van der Waals surface area contributed by atoms with Crippen LogP contribution in [0.1, 0.15) is 54.8 Å². The molecule has 0 radical (unpaired) electrons. The first-order valence-corrected chi connectivity index (χ1v) is 16.3. The van der Waals surface area contributed by atoms with Crippen LogP contribution in [0.3, 0.4) is 0 Å². The standard InChI is InChI=1S/C33H36N4O7S.ClH/c1-3-20(19-44-33(41)37-25-10-13-29(24(16-25)18-34-2)45(42,43)27-11-12-27)21-4-6-23(7-5-21)30(32(39)40)36-26-9-8-22-14-15-35-31(38)28(22)17-26;/h4-10,13-17,20,27,30,34,36H,3,11-12,18-19H2,1-2H3,(H,35,38)(H,37,41)(H,39,40);1H/t20-,30?;/m0./s1. The number of carbonyl (C=O) groups excluding carboxylic acids is 1. The monoisotopic (exact) mass is 668 g/mol. The lowest BCUT2D eigenvalue weighted by Gasteiger charge is -2.19. The molecule has 0 bridgehead atoms. The molecule has 0 saturated heterocycles. The van der Waals surface area contributed by atoms with Gasteiger partial charge in [-0.25, -0.2) is 18.0 Å². The normalized spacial score (nSPS) is 14.1. The first-order chi connectivity index (χ1) is 21.6. The summed E-state index contributed by atoms with van der Waals surface area (Å²) in [4.78, 5) is 39.9. The van der Waals surface area contributed by atoms with Crippen LogP contribution in [0, 0.1) is 0 Å². The maximum Gasteiger partial charge on any atom is 0.411 e. The molecule has 3 aromatic carbocycles. The Morgan fingerprint density at radius 3 is 2.35 bits per heavy atom. The zero-order chi connectivity index (χ0) is 32.1. The molecule has 0 spiro atoms. The number of pyridine rings is 1. The van der Waals surface area contributed by atoms with Crippen LogP contribution >= 0.6 is 12.4 Å². The molecule has 1 aliphatic rings. The number of aromatic amines is 1. The molecule has 5 rings (SSSR count).